The molecular formula is C11H17N5O2S. The summed E-state index contributed by atoms with van der Waals surface area (Å²) in [5, 5.41) is 14.1. The lowest BCUT2D eigenvalue weighted by Gasteiger charge is -2.21. The third kappa shape index (κ3) is 3.06. The van der Waals surface area contributed by atoms with Gasteiger partial charge >= 0.3 is 5.69 Å². The summed E-state index contributed by atoms with van der Waals surface area (Å²) in [6, 6.07) is 0. The Balaban J connectivity index is 2.45. The van der Waals surface area contributed by atoms with Crippen molar-refractivity contribution in [3.8, 4) is 0 Å². The molecule has 104 valence electrons. The van der Waals surface area contributed by atoms with Crippen LogP contribution in [0.4, 0.5) is 17.5 Å². The molecule has 1 N–H and O–H groups in total. The molecule has 19 heavy (non-hydrogen) atoms. The Morgan fingerprint density at radius 1 is 1.37 bits per heavy atom. The molecule has 1 aliphatic heterocycles. The molecule has 1 aromatic rings. The number of aryl methyl sites for hydroxylation is 1. The quantitative estimate of drug-likeness (QED) is 0.667. The highest BCUT2D eigenvalue weighted by Gasteiger charge is 2.26. The van der Waals surface area contributed by atoms with E-state index in [1.54, 1.807) is 14.0 Å². The topological polar surface area (TPSA) is 84.2 Å². The van der Waals surface area contributed by atoms with Crippen LogP contribution < -0.4 is 10.2 Å². The van der Waals surface area contributed by atoms with Gasteiger partial charge in [0.25, 0.3) is 0 Å². The van der Waals surface area contributed by atoms with Crippen LogP contribution in [0.15, 0.2) is 0 Å². The highest BCUT2D eigenvalue weighted by atomic mass is 32.2. The molecule has 2 rings (SSSR count). The van der Waals surface area contributed by atoms with E-state index in [0.29, 0.717) is 17.5 Å². The summed E-state index contributed by atoms with van der Waals surface area (Å²) in [5.74, 6) is 2.92. The third-order valence-corrected chi connectivity index (χ3v) is 4.02. The molecule has 0 spiro atoms. The number of nitro groups is 1. The first-order chi connectivity index (χ1) is 9.13. The van der Waals surface area contributed by atoms with E-state index in [9.17, 15) is 10.1 Å². The lowest BCUT2D eigenvalue weighted by atomic mass is 10.3. The van der Waals surface area contributed by atoms with Gasteiger partial charge in [-0.1, -0.05) is 0 Å². The van der Waals surface area contributed by atoms with E-state index in [-0.39, 0.29) is 10.6 Å². The predicted molar refractivity (Wildman–Crippen MR) is 77.1 cm³/mol. The number of nitrogens with zero attached hydrogens (tertiary/aromatic N) is 4. The van der Waals surface area contributed by atoms with Gasteiger partial charge in [0.15, 0.2) is 0 Å². The summed E-state index contributed by atoms with van der Waals surface area (Å²) in [4.78, 5) is 21.2. The molecule has 0 radical (unpaired) electrons. The van der Waals surface area contributed by atoms with Crippen molar-refractivity contribution in [2.45, 2.75) is 13.3 Å². The average molecular weight is 283 g/mol. The summed E-state index contributed by atoms with van der Waals surface area (Å²) < 4.78 is 0. The fourth-order valence-corrected chi connectivity index (χ4v) is 2.94. The third-order valence-electron chi connectivity index (χ3n) is 2.97. The fraction of sp³-hybridized carbons (Fsp3) is 0.636. The van der Waals surface area contributed by atoms with Crippen molar-refractivity contribution < 1.29 is 4.92 Å². The maximum atomic E-state index is 11.2. The SMILES string of the molecule is CNc1nc(C)c([N+](=O)[O-])c(N2CCCSCC2)n1. The van der Waals surface area contributed by atoms with Crippen LogP contribution in [-0.4, -0.2) is 46.5 Å². The van der Waals surface area contributed by atoms with Crippen molar-refractivity contribution in [2.24, 2.45) is 0 Å². The van der Waals surface area contributed by atoms with Crippen LogP contribution in [0.3, 0.4) is 0 Å². The standard InChI is InChI=1S/C11H17N5O2S/c1-8-9(16(17)18)10(14-11(12-2)13-8)15-4-3-6-19-7-5-15/h3-7H2,1-2H3,(H,12,13,14). The Bertz CT molecular complexity index is 474. The summed E-state index contributed by atoms with van der Waals surface area (Å²) in [5.41, 5.74) is 0.419. The van der Waals surface area contributed by atoms with Crippen LogP contribution in [0.2, 0.25) is 0 Å². The van der Waals surface area contributed by atoms with Crippen LogP contribution in [0.1, 0.15) is 12.1 Å². The average Bonchev–Trinajstić information content (AvgIpc) is 2.65. The minimum Gasteiger partial charge on any atom is -0.357 e. The van der Waals surface area contributed by atoms with Gasteiger partial charge in [-0.25, -0.2) is 4.98 Å². The first kappa shape index (κ1) is 13.9. The largest absolute Gasteiger partial charge is 0.357 e. The van der Waals surface area contributed by atoms with E-state index >= 15 is 0 Å². The smallest absolute Gasteiger partial charge is 0.332 e. The highest BCUT2D eigenvalue weighted by molar-refractivity contribution is 7.99. The number of anilines is 2. The Morgan fingerprint density at radius 3 is 2.84 bits per heavy atom. The monoisotopic (exact) mass is 283 g/mol. The second-order valence-corrected chi connectivity index (χ2v) is 5.49. The molecule has 0 aliphatic carbocycles. The summed E-state index contributed by atoms with van der Waals surface area (Å²) in [7, 11) is 1.71. The number of thioether (sulfide) groups is 1. The molecule has 8 heteroatoms. The van der Waals surface area contributed by atoms with Gasteiger partial charge in [-0.05, 0) is 19.1 Å². The Morgan fingerprint density at radius 2 is 2.16 bits per heavy atom. The van der Waals surface area contributed by atoms with Gasteiger partial charge in [0, 0.05) is 25.9 Å². The van der Waals surface area contributed by atoms with Crippen LogP contribution in [0, 0.1) is 17.0 Å². The van der Waals surface area contributed by atoms with Gasteiger partial charge in [-0.3, -0.25) is 10.1 Å². The lowest BCUT2D eigenvalue weighted by molar-refractivity contribution is -0.385. The fourth-order valence-electron chi connectivity index (χ4n) is 2.06. The number of hydrogen-bond donors (Lipinski definition) is 1. The van der Waals surface area contributed by atoms with Gasteiger partial charge in [-0.15, -0.1) is 0 Å². The first-order valence-electron chi connectivity index (χ1n) is 6.17. The number of rotatable bonds is 3. The van der Waals surface area contributed by atoms with Crippen LogP contribution in [0.5, 0.6) is 0 Å². The van der Waals surface area contributed by atoms with Crippen molar-refractivity contribution >= 4 is 29.2 Å². The van der Waals surface area contributed by atoms with Crippen molar-refractivity contribution in [1.29, 1.82) is 0 Å². The van der Waals surface area contributed by atoms with Gasteiger partial charge < -0.3 is 10.2 Å². The van der Waals surface area contributed by atoms with Crippen molar-refractivity contribution in [3.63, 3.8) is 0 Å². The van der Waals surface area contributed by atoms with E-state index in [1.165, 1.54) is 0 Å². The minimum absolute atomic E-state index is 0.0194. The second kappa shape index (κ2) is 6.05. The molecule has 0 amide bonds. The molecule has 1 saturated heterocycles. The molecule has 2 heterocycles. The molecule has 0 aromatic carbocycles. The molecule has 0 unspecified atom stereocenters. The maximum absolute atomic E-state index is 11.2. The van der Waals surface area contributed by atoms with E-state index in [4.69, 9.17) is 0 Å². The molecule has 1 aromatic heterocycles. The maximum Gasteiger partial charge on any atom is 0.332 e. The van der Waals surface area contributed by atoms with E-state index in [0.717, 1.165) is 31.0 Å². The van der Waals surface area contributed by atoms with E-state index in [2.05, 4.69) is 15.3 Å². The lowest BCUT2D eigenvalue weighted by Crippen LogP contribution is -2.28. The zero-order valence-corrected chi connectivity index (χ0v) is 11.9. The van der Waals surface area contributed by atoms with E-state index in [1.807, 2.05) is 16.7 Å². The Hall–Kier alpha value is -1.57. The molecule has 7 nitrogen and oxygen atoms in total. The van der Waals surface area contributed by atoms with Gasteiger partial charge in [0.05, 0.1) is 4.92 Å². The normalized spacial score (nSPS) is 16.0. The molecular weight excluding hydrogens is 266 g/mol. The Labute approximate surface area is 116 Å². The number of hydrogen-bond acceptors (Lipinski definition) is 7. The zero-order valence-electron chi connectivity index (χ0n) is 11.0. The van der Waals surface area contributed by atoms with Crippen LogP contribution >= 0.6 is 11.8 Å². The summed E-state index contributed by atoms with van der Waals surface area (Å²) >= 11 is 1.87. The molecule has 1 fully saturated rings. The summed E-state index contributed by atoms with van der Waals surface area (Å²) in [6.07, 6.45) is 1.01. The second-order valence-electron chi connectivity index (χ2n) is 4.26. The van der Waals surface area contributed by atoms with Gasteiger partial charge in [0.1, 0.15) is 5.69 Å². The van der Waals surface area contributed by atoms with Crippen LogP contribution in [0.25, 0.3) is 0 Å². The first-order valence-corrected chi connectivity index (χ1v) is 7.32. The van der Waals surface area contributed by atoms with Gasteiger partial charge in [0.2, 0.25) is 11.8 Å². The highest BCUT2D eigenvalue weighted by Crippen LogP contribution is 2.30. The summed E-state index contributed by atoms with van der Waals surface area (Å²) in [6.45, 7) is 3.23. The molecule has 0 saturated carbocycles. The van der Waals surface area contributed by atoms with Crippen molar-refractivity contribution in [3.05, 3.63) is 15.8 Å². The van der Waals surface area contributed by atoms with Gasteiger partial charge in [-0.2, -0.15) is 16.7 Å². The number of nitrogens with one attached hydrogen (secondary N) is 1. The van der Waals surface area contributed by atoms with Crippen molar-refractivity contribution in [1.82, 2.24) is 9.97 Å². The minimum atomic E-state index is -0.387. The molecule has 1 aliphatic rings. The number of aromatic nitrogens is 2. The van der Waals surface area contributed by atoms with Crippen molar-refractivity contribution in [2.75, 3.05) is 41.9 Å². The van der Waals surface area contributed by atoms with Crippen LogP contribution in [-0.2, 0) is 0 Å². The zero-order chi connectivity index (χ0) is 13.8. The Kier molecular flexibility index (Phi) is 4.41. The molecule has 0 atom stereocenters. The van der Waals surface area contributed by atoms with E-state index < -0.39 is 0 Å². The predicted octanol–water partition coefficient (Wildman–Crippen LogP) is 1.68. The molecule has 0 bridgehead atoms.